The van der Waals surface area contributed by atoms with Crippen LogP contribution >= 0.6 is 68.0 Å². The normalized spacial score (nSPS) is 17.9. The van der Waals surface area contributed by atoms with Crippen LogP contribution in [0.25, 0.3) is 39.0 Å². The highest BCUT2D eigenvalue weighted by Gasteiger charge is 2.23. The smallest absolute Gasteiger partial charge is 0.0723 e. The van der Waals surface area contributed by atoms with Crippen molar-refractivity contribution in [1.29, 1.82) is 0 Å². The van der Waals surface area contributed by atoms with Gasteiger partial charge < -0.3 is 0 Å². The number of aliphatic imine (C=N–C) groups is 2. The van der Waals surface area contributed by atoms with Crippen LogP contribution < -0.4 is 0 Å². The van der Waals surface area contributed by atoms with Crippen LogP contribution in [0.3, 0.4) is 0 Å². The number of hydrogen-bond acceptors (Lipinski definition) is 8. The average Bonchev–Trinajstić information content (AvgIpc) is 3.83. The third-order valence-electron chi connectivity index (χ3n) is 6.96. The van der Waals surface area contributed by atoms with Crippen LogP contribution in [0.5, 0.6) is 0 Å². The van der Waals surface area contributed by atoms with E-state index in [-0.39, 0.29) is 12.1 Å². The van der Waals surface area contributed by atoms with Gasteiger partial charge in [-0.15, -0.1) is 68.0 Å². The van der Waals surface area contributed by atoms with Crippen molar-refractivity contribution < 1.29 is 0 Å². The molecule has 0 bridgehead atoms. The predicted octanol–water partition coefficient (Wildman–Crippen LogP) is 11.6. The molecular formula is C32H26N2S6. The Balaban J connectivity index is 1.01. The van der Waals surface area contributed by atoms with Crippen molar-refractivity contribution in [2.45, 2.75) is 37.8 Å². The third kappa shape index (κ3) is 5.93. The first-order chi connectivity index (χ1) is 19.8. The monoisotopic (exact) mass is 630 g/mol. The van der Waals surface area contributed by atoms with Gasteiger partial charge in [-0.2, -0.15) is 0 Å². The molecule has 7 rings (SSSR count). The minimum absolute atomic E-state index is 0.257. The van der Waals surface area contributed by atoms with E-state index in [9.17, 15) is 0 Å². The van der Waals surface area contributed by atoms with E-state index < -0.39 is 0 Å². The summed E-state index contributed by atoms with van der Waals surface area (Å²) in [4.78, 5) is 23.2. The molecule has 1 aliphatic rings. The van der Waals surface area contributed by atoms with Crippen molar-refractivity contribution in [3.63, 3.8) is 0 Å². The van der Waals surface area contributed by atoms with Crippen LogP contribution in [0.15, 0.2) is 93.5 Å². The molecule has 6 aromatic rings. The van der Waals surface area contributed by atoms with Crippen molar-refractivity contribution in [1.82, 2.24) is 0 Å². The molecule has 2 nitrogen and oxygen atoms in total. The van der Waals surface area contributed by atoms with Crippen molar-refractivity contribution in [2.24, 2.45) is 9.98 Å². The number of thiophene rings is 6. The zero-order valence-electron chi connectivity index (χ0n) is 21.6. The minimum Gasteiger partial charge on any atom is -0.286 e. The largest absolute Gasteiger partial charge is 0.286 e. The van der Waals surface area contributed by atoms with Gasteiger partial charge in [-0.05, 0) is 84.3 Å². The first kappa shape index (κ1) is 26.4. The van der Waals surface area contributed by atoms with E-state index in [2.05, 4.69) is 96.0 Å². The van der Waals surface area contributed by atoms with Crippen LogP contribution in [0.1, 0.15) is 35.4 Å². The van der Waals surface area contributed by atoms with Crippen LogP contribution in [0, 0.1) is 0 Å². The maximum atomic E-state index is 5.06. The second kappa shape index (κ2) is 12.2. The lowest BCUT2D eigenvalue weighted by Crippen LogP contribution is -2.27. The zero-order valence-corrected chi connectivity index (χ0v) is 26.5. The molecule has 0 amide bonds. The summed E-state index contributed by atoms with van der Waals surface area (Å²) in [6.45, 7) is 0. The molecule has 0 radical (unpaired) electrons. The second-order valence-corrected chi connectivity index (χ2v) is 16.0. The second-order valence-electron chi connectivity index (χ2n) is 9.66. The molecule has 0 aliphatic heterocycles. The molecule has 0 saturated heterocycles. The fraction of sp³-hybridized carbons (Fsp3) is 0.188. The van der Waals surface area contributed by atoms with E-state index in [1.54, 1.807) is 22.7 Å². The maximum Gasteiger partial charge on any atom is 0.0723 e. The van der Waals surface area contributed by atoms with Gasteiger partial charge in [-0.25, -0.2) is 0 Å². The summed E-state index contributed by atoms with van der Waals surface area (Å²) in [5, 5.41) is 4.28. The molecule has 6 aromatic heterocycles. The molecule has 0 N–H and O–H groups in total. The first-order valence-electron chi connectivity index (χ1n) is 13.3. The number of hydrogen-bond donors (Lipinski definition) is 0. The molecular weight excluding hydrogens is 605 g/mol. The van der Waals surface area contributed by atoms with Gasteiger partial charge >= 0.3 is 0 Å². The predicted molar refractivity (Wildman–Crippen MR) is 183 cm³/mol. The molecule has 2 unspecified atom stereocenters. The van der Waals surface area contributed by atoms with Gasteiger partial charge in [0.1, 0.15) is 0 Å². The van der Waals surface area contributed by atoms with Gasteiger partial charge in [0, 0.05) is 61.2 Å². The Morgan fingerprint density at radius 1 is 0.475 bits per heavy atom. The summed E-state index contributed by atoms with van der Waals surface area (Å²) in [7, 11) is 0. The molecule has 1 saturated carbocycles. The van der Waals surface area contributed by atoms with Gasteiger partial charge in [0.05, 0.1) is 12.1 Å². The van der Waals surface area contributed by atoms with E-state index >= 15 is 0 Å². The van der Waals surface area contributed by atoms with E-state index in [0.29, 0.717) is 0 Å². The van der Waals surface area contributed by atoms with Gasteiger partial charge in [0.15, 0.2) is 0 Å². The Bertz CT molecular complexity index is 1600. The van der Waals surface area contributed by atoms with Gasteiger partial charge in [0.2, 0.25) is 0 Å². The molecule has 2 atom stereocenters. The Kier molecular flexibility index (Phi) is 8.06. The SMILES string of the molecule is C(=NC1CCCCC1N=Cc1ccc(-c2ccc(-c3cccs3)s2)s1)c1ccc(-c2ccc(-c3cccs3)s2)s1. The Hall–Kier alpha value is -2.46. The molecule has 0 aromatic carbocycles. The average molecular weight is 631 g/mol. The van der Waals surface area contributed by atoms with Crippen molar-refractivity contribution >= 4 is 80.4 Å². The van der Waals surface area contributed by atoms with E-state index in [4.69, 9.17) is 9.98 Å². The van der Waals surface area contributed by atoms with E-state index in [0.717, 1.165) is 12.8 Å². The van der Waals surface area contributed by atoms with Crippen molar-refractivity contribution in [3.8, 4) is 39.0 Å². The fourth-order valence-electron chi connectivity index (χ4n) is 4.93. The molecule has 8 heteroatoms. The standard InChI is InChI=1S/C32H26N2S6/c1-2-6-24(34-20-22-10-12-30(38-22)32-16-14-28(40-32)26-8-4-18-36-26)23(5-1)33-19-21-9-11-29(37-21)31-15-13-27(39-31)25-7-3-17-35-25/h3-4,7-20,23-24H,1-2,5-6H2. The lowest BCUT2D eigenvalue weighted by atomic mass is 9.91. The molecule has 200 valence electrons. The summed E-state index contributed by atoms with van der Waals surface area (Å²) >= 11 is 11.0. The Morgan fingerprint density at radius 2 is 0.875 bits per heavy atom. The van der Waals surface area contributed by atoms with Crippen molar-refractivity contribution in [3.05, 3.63) is 93.3 Å². The topological polar surface area (TPSA) is 24.7 Å². The fourth-order valence-corrected chi connectivity index (χ4v) is 10.6. The van der Waals surface area contributed by atoms with Gasteiger partial charge in [-0.3, -0.25) is 9.98 Å². The summed E-state index contributed by atoms with van der Waals surface area (Å²) < 4.78 is 0. The summed E-state index contributed by atoms with van der Waals surface area (Å²) in [5.41, 5.74) is 0. The van der Waals surface area contributed by atoms with Crippen LogP contribution in [0.2, 0.25) is 0 Å². The Labute approximate surface area is 258 Å². The molecule has 40 heavy (non-hydrogen) atoms. The molecule has 0 spiro atoms. The Morgan fingerprint density at radius 3 is 1.30 bits per heavy atom. The van der Waals surface area contributed by atoms with Crippen molar-refractivity contribution in [2.75, 3.05) is 0 Å². The zero-order chi connectivity index (χ0) is 26.7. The van der Waals surface area contributed by atoms with Crippen LogP contribution in [0.4, 0.5) is 0 Å². The van der Waals surface area contributed by atoms with Crippen LogP contribution in [-0.4, -0.2) is 24.5 Å². The van der Waals surface area contributed by atoms with Gasteiger partial charge in [-0.1, -0.05) is 25.0 Å². The molecule has 6 heterocycles. The summed E-state index contributed by atoms with van der Waals surface area (Å²) in [5.74, 6) is 0. The van der Waals surface area contributed by atoms with E-state index in [1.165, 1.54) is 61.6 Å². The van der Waals surface area contributed by atoms with Gasteiger partial charge in [0.25, 0.3) is 0 Å². The molecule has 1 aliphatic carbocycles. The van der Waals surface area contributed by atoms with Crippen LogP contribution in [-0.2, 0) is 0 Å². The summed E-state index contributed by atoms with van der Waals surface area (Å²) in [6, 6.07) is 27.0. The summed E-state index contributed by atoms with van der Waals surface area (Å²) in [6.07, 6.45) is 8.87. The quantitative estimate of drug-likeness (QED) is 0.150. The third-order valence-corrected chi connectivity index (χ3v) is 13.7. The highest BCUT2D eigenvalue weighted by molar-refractivity contribution is 7.27. The minimum atomic E-state index is 0.257. The maximum absolute atomic E-state index is 5.06. The number of nitrogens with zero attached hydrogens (tertiary/aromatic N) is 2. The highest BCUT2D eigenvalue weighted by Crippen LogP contribution is 2.40. The van der Waals surface area contributed by atoms with E-state index in [1.807, 2.05) is 45.3 Å². The first-order valence-corrected chi connectivity index (χ1v) is 18.4. The number of rotatable bonds is 8. The molecule has 1 fully saturated rings. The highest BCUT2D eigenvalue weighted by atomic mass is 32.1. The lowest BCUT2D eigenvalue weighted by molar-refractivity contribution is 0.390. The lowest BCUT2D eigenvalue weighted by Gasteiger charge is -2.25.